The van der Waals surface area contributed by atoms with Crippen molar-refractivity contribution in [2.45, 2.75) is 46.6 Å². The van der Waals surface area contributed by atoms with Gasteiger partial charge in [0.25, 0.3) is 11.5 Å². The number of H-pyrrole nitrogens is 1. The molecule has 2 N–H and O–H groups in total. The normalized spacial score (nSPS) is 19.1. The summed E-state index contributed by atoms with van der Waals surface area (Å²) in [4.78, 5) is 32.7. The molecule has 1 saturated heterocycles. The predicted molar refractivity (Wildman–Crippen MR) is 127 cm³/mol. The summed E-state index contributed by atoms with van der Waals surface area (Å²) in [6.07, 6.45) is 2.61. The molecule has 1 amide bonds. The van der Waals surface area contributed by atoms with Gasteiger partial charge < -0.3 is 4.90 Å². The Kier molecular flexibility index (Phi) is 5.81. The number of piperidine rings is 1. The number of hydrogen-bond donors (Lipinski definition) is 2. The van der Waals surface area contributed by atoms with E-state index in [1.165, 1.54) is 4.52 Å². The first-order chi connectivity index (χ1) is 15.4. The van der Waals surface area contributed by atoms with Gasteiger partial charge in [-0.1, -0.05) is 18.6 Å². The molecule has 3 heterocycles. The highest BCUT2D eigenvalue weighted by Gasteiger charge is 2.34. The second-order valence-electron chi connectivity index (χ2n) is 9.10. The van der Waals surface area contributed by atoms with E-state index in [4.69, 9.17) is 0 Å². The van der Waals surface area contributed by atoms with E-state index < -0.39 is 10.0 Å². The van der Waals surface area contributed by atoms with Crippen molar-refractivity contribution in [3.8, 4) is 0 Å². The van der Waals surface area contributed by atoms with E-state index in [9.17, 15) is 18.0 Å². The molecule has 1 aliphatic heterocycles. The number of nitrogens with one attached hydrogen (secondary N) is 2. The van der Waals surface area contributed by atoms with E-state index in [0.717, 1.165) is 23.9 Å². The Morgan fingerprint density at radius 1 is 1.21 bits per heavy atom. The third kappa shape index (κ3) is 4.52. The molecule has 10 heteroatoms. The molecular weight excluding hydrogens is 442 g/mol. The van der Waals surface area contributed by atoms with Gasteiger partial charge in [0.15, 0.2) is 5.65 Å². The molecule has 2 atom stereocenters. The Morgan fingerprint density at radius 3 is 2.64 bits per heavy atom. The number of carbonyl (C=O) groups is 1. The fourth-order valence-corrected chi connectivity index (χ4v) is 4.94. The summed E-state index contributed by atoms with van der Waals surface area (Å²) < 4.78 is 27.6. The van der Waals surface area contributed by atoms with Crippen molar-refractivity contribution in [2.75, 3.05) is 17.5 Å². The Balaban J connectivity index is 1.78. The fraction of sp³-hybridized carbons (Fsp3) is 0.435. The molecule has 3 aromatic rings. The van der Waals surface area contributed by atoms with Gasteiger partial charge in [-0.05, 0) is 51.7 Å². The quantitative estimate of drug-likeness (QED) is 0.607. The van der Waals surface area contributed by atoms with Crippen molar-refractivity contribution in [1.82, 2.24) is 19.5 Å². The Bertz CT molecular complexity index is 1410. The summed E-state index contributed by atoms with van der Waals surface area (Å²) >= 11 is 0. The number of carbonyl (C=O) groups excluding carboxylic acids is 1. The van der Waals surface area contributed by atoms with Crippen molar-refractivity contribution < 1.29 is 13.2 Å². The van der Waals surface area contributed by atoms with Crippen molar-refractivity contribution in [1.29, 1.82) is 0 Å². The van der Waals surface area contributed by atoms with Crippen LogP contribution in [0.25, 0.3) is 5.65 Å². The SMILES string of the molecule is Cc1ccc(NS(C)(=O)=O)c(C(=O)N2CC[C@@H](C)C[C@H]2c2cc3nc(C)c(C)c(=O)n3[nH]2)c1. The van der Waals surface area contributed by atoms with Gasteiger partial charge in [0, 0.05) is 23.9 Å². The molecule has 4 rings (SSSR count). The van der Waals surface area contributed by atoms with Gasteiger partial charge in [0.2, 0.25) is 10.0 Å². The molecule has 0 saturated carbocycles. The summed E-state index contributed by atoms with van der Waals surface area (Å²) in [5, 5.41) is 3.16. The van der Waals surface area contributed by atoms with Gasteiger partial charge >= 0.3 is 0 Å². The number of hydrogen-bond acceptors (Lipinski definition) is 5. The second-order valence-corrected chi connectivity index (χ2v) is 10.8. The van der Waals surface area contributed by atoms with E-state index in [0.29, 0.717) is 41.4 Å². The maximum Gasteiger partial charge on any atom is 0.275 e. The minimum atomic E-state index is -3.55. The largest absolute Gasteiger partial charge is 0.330 e. The van der Waals surface area contributed by atoms with Crippen LogP contribution in [-0.2, 0) is 10.0 Å². The molecule has 33 heavy (non-hydrogen) atoms. The zero-order valence-corrected chi connectivity index (χ0v) is 20.3. The van der Waals surface area contributed by atoms with Crippen LogP contribution in [0.3, 0.4) is 0 Å². The third-order valence-electron chi connectivity index (χ3n) is 6.29. The minimum Gasteiger partial charge on any atom is -0.330 e. The molecule has 0 spiro atoms. The number of aromatic nitrogens is 3. The number of sulfonamides is 1. The van der Waals surface area contributed by atoms with Crippen LogP contribution in [0.4, 0.5) is 5.69 Å². The van der Waals surface area contributed by atoms with Crippen LogP contribution in [0.2, 0.25) is 0 Å². The van der Waals surface area contributed by atoms with E-state index in [2.05, 4.69) is 21.7 Å². The number of benzene rings is 1. The number of amides is 1. The fourth-order valence-electron chi connectivity index (χ4n) is 4.37. The molecule has 176 valence electrons. The van der Waals surface area contributed by atoms with Crippen molar-refractivity contribution in [3.63, 3.8) is 0 Å². The summed E-state index contributed by atoms with van der Waals surface area (Å²) in [7, 11) is -3.55. The number of aryl methyl sites for hydroxylation is 2. The van der Waals surface area contributed by atoms with Crippen LogP contribution in [0.1, 0.15) is 58.7 Å². The topological polar surface area (TPSA) is 117 Å². The first-order valence-electron chi connectivity index (χ1n) is 10.9. The lowest BCUT2D eigenvalue weighted by atomic mass is 9.90. The van der Waals surface area contributed by atoms with E-state index >= 15 is 0 Å². The number of anilines is 1. The highest BCUT2D eigenvalue weighted by atomic mass is 32.2. The lowest BCUT2D eigenvalue weighted by Gasteiger charge is -2.38. The molecule has 9 nitrogen and oxygen atoms in total. The first kappa shape index (κ1) is 23.0. The molecule has 0 aliphatic carbocycles. The highest BCUT2D eigenvalue weighted by Crippen LogP contribution is 2.36. The van der Waals surface area contributed by atoms with Crippen molar-refractivity contribution in [3.05, 3.63) is 62.7 Å². The minimum absolute atomic E-state index is 0.163. The monoisotopic (exact) mass is 471 g/mol. The zero-order chi connectivity index (χ0) is 24.1. The van der Waals surface area contributed by atoms with Crippen LogP contribution in [-0.4, -0.2) is 46.6 Å². The average molecular weight is 472 g/mol. The van der Waals surface area contributed by atoms with Crippen LogP contribution in [0.15, 0.2) is 29.1 Å². The van der Waals surface area contributed by atoms with Gasteiger partial charge in [-0.15, -0.1) is 0 Å². The van der Waals surface area contributed by atoms with Crippen LogP contribution >= 0.6 is 0 Å². The maximum atomic E-state index is 13.7. The number of fused-ring (bicyclic) bond motifs is 1. The molecule has 1 aromatic carbocycles. The second kappa shape index (κ2) is 8.33. The number of rotatable bonds is 4. The highest BCUT2D eigenvalue weighted by molar-refractivity contribution is 7.92. The lowest BCUT2D eigenvalue weighted by molar-refractivity contribution is 0.0552. The van der Waals surface area contributed by atoms with E-state index in [1.807, 2.05) is 13.0 Å². The number of likely N-dealkylation sites (tertiary alicyclic amines) is 1. The van der Waals surface area contributed by atoms with Crippen LogP contribution < -0.4 is 10.3 Å². The molecule has 0 radical (unpaired) electrons. The van der Waals surface area contributed by atoms with Crippen molar-refractivity contribution in [2.24, 2.45) is 5.92 Å². The Labute approximate surface area is 192 Å². The summed E-state index contributed by atoms with van der Waals surface area (Å²) in [5.74, 6) is 0.123. The smallest absolute Gasteiger partial charge is 0.275 e. The van der Waals surface area contributed by atoms with Gasteiger partial charge in [-0.25, -0.2) is 17.9 Å². The first-order valence-corrected chi connectivity index (χ1v) is 12.8. The number of aromatic amines is 1. The maximum absolute atomic E-state index is 13.7. The van der Waals surface area contributed by atoms with Crippen molar-refractivity contribution >= 4 is 27.3 Å². The van der Waals surface area contributed by atoms with Gasteiger partial charge in [-0.2, -0.15) is 0 Å². The standard InChI is InChI=1S/C23H29N5O4S/c1-13-6-7-18(26-33(5,31)32)17(10-13)23(30)27-9-8-14(2)11-20(27)19-12-21-24-16(4)15(3)22(29)28(21)25-19/h6-7,10,12,14,20,25-26H,8-9,11H2,1-5H3/t14-,20+/m1/s1. The Hall–Kier alpha value is -3.14. The molecule has 1 aliphatic rings. The predicted octanol–water partition coefficient (Wildman–Crippen LogP) is 2.93. The van der Waals surface area contributed by atoms with Gasteiger partial charge in [0.05, 0.1) is 29.2 Å². The number of nitrogens with zero attached hydrogens (tertiary/aromatic N) is 3. The summed E-state index contributed by atoms with van der Waals surface area (Å²) in [5.41, 5.74) is 3.74. The molecule has 1 fully saturated rings. The lowest BCUT2D eigenvalue weighted by Crippen LogP contribution is -2.41. The van der Waals surface area contributed by atoms with E-state index in [-0.39, 0.29) is 23.2 Å². The van der Waals surface area contributed by atoms with Crippen LogP contribution in [0.5, 0.6) is 0 Å². The summed E-state index contributed by atoms with van der Waals surface area (Å²) in [6, 6.07) is 6.61. The average Bonchev–Trinajstić information content (AvgIpc) is 3.16. The zero-order valence-electron chi connectivity index (χ0n) is 19.5. The van der Waals surface area contributed by atoms with Gasteiger partial charge in [-0.3, -0.25) is 19.4 Å². The Morgan fingerprint density at radius 2 is 1.94 bits per heavy atom. The molecule has 0 unspecified atom stereocenters. The van der Waals surface area contributed by atoms with E-state index in [1.54, 1.807) is 36.9 Å². The van der Waals surface area contributed by atoms with Crippen LogP contribution in [0, 0.1) is 26.7 Å². The third-order valence-corrected chi connectivity index (χ3v) is 6.88. The molecule has 2 aromatic heterocycles. The molecule has 0 bridgehead atoms. The molecular formula is C23H29N5O4S. The summed E-state index contributed by atoms with van der Waals surface area (Å²) in [6.45, 7) is 8.06. The van der Waals surface area contributed by atoms with Gasteiger partial charge in [0.1, 0.15) is 0 Å².